The van der Waals surface area contributed by atoms with Crippen LogP contribution in [-0.2, 0) is 4.79 Å². The number of pyridine rings is 1. The van der Waals surface area contributed by atoms with Crippen LogP contribution in [0.15, 0.2) is 90.2 Å². The van der Waals surface area contributed by atoms with E-state index in [1.54, 1.807) is 20.4 Å². The van der Waals surface area contributed by atoms with Crippen molar-refractivity contribution >= 4 is 34.3 Å². The van der Waals surface area contributed by atoms with Gasteiger partial charge in [-0.05, 0) is 60.7 Å². The van der Waals surface area contributed by atoms with Gasteiger partial charge in [-0.2, -0.15) is 0 Å². The van der Waals surface area contributed by atoms with Crippen LogP contribution in [0.1, 0.15) is 0 Å². The third-order valence-corrected chi connectivity index (χ3v) is 6.44. The van der Waals surface area contributed by atoms with Gasteiger partial charge >= 0.3 is 0 Å². The van der Waals surface area contributed by atoms with E-state index in [1.807, 2.05) is 78.9 Å². The van der Waals surface area contributed by atoms with Gasteiger partial charge in [-0.3, -0.25) is 9.78 Å². The normalized spacial score (nSPS) is 10.8. The second-order valence-electron chi connectivity index (χ2n) is 8.00. The molecule has 0 atom stereocenters. The van der Waals surface area contributed by atoms with Crippen molar-refractivity contribution < 1.29 is 14.3 Å². The first-order chi connectivity index (χ1) is 18.1. The lowest BCUT2D eigenvalue weighted by molar-refractivity contribution is -0.113. The van der Waals surface area contributed by atoms with Crippen molar-refractivity contribution in [3.05, 3.63) is 85.1 Å². The van der Waals surface area contributed by atoms with Gasteiger partial charge in [0.1, 0.15) is 22.9 Å². The van der Waals surface area contributed by atoms with Gasteiger partial charge in [0.05, 0.1) is 37.4 Å². The highest BCUT2D eigenvalue weighted by atomic mass is 32.2. The van der Waals surface area contributed by atoms with Crippen molar-refractivity contribution in [1.29, 1.82) is 0 Å². The molecule has 0 aliphatic carbocycles. The summed E-state index contributed by atoms with van der Waals surface area (Å²) in [6.45, 7) is 0. The van der Waals surface area contributed by atoms with Crippen molar-refractivity contribution in [3.63, 3.8) is 0 Å². The maximum absolute atomic E-state index is 12.6. The number of nitrogens with one attached hydrogen (secondary N) is 1. The van der Waals surface area contributed by atoms with E-state index in [0.29, 0.717) is 22.2 Å². The maximum atomic E-state index is 12.6. The molecule has 0 saturated heterocycles. The third-order valence-electron chi connectivity index (χ3n) is 5.60. The predicted molar refractivity (Wildman–Crippen MR) is 145 cm³/mol. The largest absolute Gasteiger partial charge is 0.497 e. The Morgan fingerprint density at radius 3 is 2.16 bits per heavy atom. The Kier molecular flexibility index (Phi) is 7.23. The highest BCUT2D eigenvalue weighted by Gasteiger charge is 2.15. The van der Waals surface area contributed by atoms with Gasteiger partial charge in [-0.25, -0.2) is 4.98 Å². The van der Waals surface area contributed by atoms with E-state index in [9.17, 15) is 4.79 Å². The molecule has 1 N–H and O–H groups in total. The molecule has 3 aromatic carbocycles. The number of rotatable bonds is 8. The van der Waals surface area contributed by atoms with Crippen LogP contribution >= 0.6 is 11.8 Å². The van der Waals surface area contributed by atoms with Crippen LogP contribution in [0.25, 0.3) is 33.4 Å². The Labute approximate surface area is 218 Å². The first kappa shape index (κ1) is 24.2. The molecule has 8 nitrogen and oxygen atoms in total. The van der Waals surface area contributed by atoms with Crippen LogP contribution in [-0.4, -0.2) is 46.0 Å². The number of hydrogen-bond acceptors (Lipinski definition) is 8. The van der Waals surface area contributed by atoms with Gasteiger partial charge in [0.2, 0.25) is 11.1 Å². The number of fused-ring (bicyclic) bond motifs is 1. The molecule has 2 heterocycles. The first-order valence-electron chi connectivity index (χ1n) is 11.4. The molecule has 0 aliphatic rings. The summed E-state index contributed by atoms with van der Waals surface area (Å²) in [5.74, 6) is 1.43. The monoisotopic (exact) mass is 509 g/mol. The highest BCUT2D eigenvalue weighted by molar-refractivity contribution is 7.99. The van der Waals surface area contributed by atoms with E-state index in [1.165, 1.54) is 11.8 Å². The standard InChI is InChI=1S/C28H23N5O3S/c1-35-22-11-7-18(8-12-22)26-27(19-9-13-23(36-2)14-10-19)32-33-28(31-26)37-17-25(34)30-21-15-20-5-3-4-6-24(20)29-16-21/h3-16H,17H2,1-2H3,(H,30,34). The first-order valence-corrected chi connectivity index (χ1v) is 12.4. The second kappa shape index (κ2) is 11.0. The molecule has 1 amide bonds. The number of aromatic nitrogens is 4. The van der Waals surface area contributed by atoms with E-state index in [2.05, 4.69) is 20.5 Å². The van der Waals surface area contributed by atoms with E-state index in [-0.39, 0.29) is 11.7 Å². The Balaban J connectivity index is 1.37. The number of benzene rings is 3. The Morgan fingerprint density at radius 2 is 1.49 bits per heavy atom. The molecule has 37 heavy (non-hydrogen) atoms. The van der Waals surface area contributed by atoms with Crippen molar-refractivity contribution in [3.8, 4) is 34.0 Å². The zero-order chi connectivity index (χ0) is 25.6. The number of thioether (sulfide) groups is 1. The molecule has 0 unspecified atom stereocenters. The molecule has 5 rings (SSSR count). The van der Waals surface area contributed by atoms with E-state index < -0.39 is 0 Å². The lowest BCUT2D eigenvalue weighted by Gasteiger charge is -2.11. The third kappa shape index (κ3) is 5.68. The molecule has 184 valence electrons. The molecule has 0 fully saturated rings. The van der Waals surface area contributed by atoms with Crippen molar-refractivity contribution in [2.45, 2.75) is 5.16 Å². The number of ether oxygens (including phenoxy) is 2. The van der Waals surface area contributed by atoms with Crippen molar-refractivity contribution in [2.24, 2.45) is 0 Å². The summed E-state index contributed by atoms with van der Waals surface area (Å²) in [4.78, 5) is 21.8. The fraction of sp³-hybridized carbons (Fsp3) is 0.107. The highest BCUT2D eigenvalue weighted by Crippen LogP contribution is 2.32. The number of nitrogens with zero attached hydrogens (tertiary/aromatic N) is 4. The summed E-state index contributed by atoms with van der Waals surface area (Å²) < 4.78 is 10.6. The minimum atomic E-state index is -0.184. The maximum Gasteiger partial charge on any atom is 0.234 e. The van der Waals surface area contributed by atoms with Crippen LogP contribution in [0, 0.1) is 0 Å². The summed E-state index contributed by atoms with van der Waals surface area (Å²) in [5, 5.41) is 13.0. The molecule has 0 aliphatic heterocycles. The molecular weight excluding hydrogens is 486 g/mol. The number of hydrogen-bond donors (Lipinski definition) is 1. The van der Waals surface area contributed by atoms with E-state index >= 15 is 0 Å². The Bertz CT molecular complexity index is 1540. The average molecular weight is 510 g/mol. The smallest absolute Gasteiger partial charge is 0.234 e. The summed E-state index contributed by atoms with van der Waals surface area (Å²) >= 11 is 1.22. The predicted octanol–water partition coefficient (Wildman–Crippen LogP) is 5.50. The molecule has 0 radical (unpaired) electrons. The fourth-order valence-corrected chi connectivity index (χ4v) is 4.32. The van der Waals surface area contributed by atoms with Gasteiger partial charge in [0, 0.05) is 16.5 Å². The molecule has 0 spiro atoms. The minimum absolute atomic E-state index is 0.123. The second-order valence-corrected chi connectivity index (χ2v) is 8.94. The van der Waals surface area contributed by atoms with Crippen LogP contribution in [0.2, 0.25) is 0 Å². The number of anilines is 1. The van der Waals surface area contributed by atoms with Gasteiger partial charge < -0.3 is 14.8 Å². The quantitative estimate of drug-likeness (QED) is 0.274. The van der Waals surface area contributed by atoms with E-state index in [0.717, 1.165) is 33.5 Å². The topological polar surface area (TPSA) is 99.1 Å². The van der Waals surface area contributed by atoms with Gasteiger partial charge in [0.15, 0.2) is 0 Å². The van der Waals surface area contributed by atoms with Crippen LogP contribution in [0.5, 0.6) is 11.5 Å². The molecule has 0 bridgehead atoms. The summed E-state index contributed by atoms with van der Waals surface area (Å²) in [6, 6.07) is 24.8. The summed E-state index contributed by atoms with van der Waals surface area (Å²) in [7, 11) is 3.25. The number of para-hydroxylation sites is 1. The van der Waals surface area contributed by atoms with Crippen molar-refractivity contribution in [1.82, 2.24) is 20.2 Å². The number of amides is 1. The zero-order valence-corrected chi connectivity index (χ0v) is 21.0. The fourth-order valence-electron chi connectivity index (χ4n) is 3.73. The zero-order valence-electron chi connectivity index (χ0n) is 20.2. The summed E-state index contributed by atoms with van der Waals surface area (Å²) in [5.41, 5.74) is 4.50. The van der Waals surface area contributed by atoms with Gasteiger partial charge in [-0.1, -0.05) is 30.0 Å². The molecule has 9 heteroatoms. The minimum Gasteiger partial charge on any atom is -0.497 e. The molecular formula is C28H23N5O3S. The van der Waals surface area contributed by atoms with Gasteiger partial charge in [-0.15, -0.1) is 10.2 Å². The van der Waals surface area contributed by atoms with Crippen molar-refractivity contribution in [2.75, 3.05) is 25.3 Å². The molecule has 0 saturated carbocycles. The SMILES string of the molecule is COc1ccc(-c2nnc(SCC(=O)Nc3cnc4ccccc4c3)nc2-c2ccc(OC)cc2)cc1. The lowest BCUT2D eigenvalue weighted by atomic mass is 10.0. The number of carbonyl (C=O) groups excluding carboxylic acids is 1. The van der Waals surface area contributed by atoms with Gasteiger partial charge in [0.25, 0.3) is 0 Å². The summed E-state index contributed by atoms with van der Waals surface area (Å²) in [6.07, 6.45) is 1.65. The Morgan fingerprint density at radius 1 is 0.838 bits per heavy atom. The number of carbonyl (C=O) groups is 1. The average Bonchev–Trinajstić information content (AvgIpc) is 2.96. The molecule has 2 aromatic heterocycles. The molecule has 5 aromatic rings. The van der Waals surface area contributed by atoms with Crippen LogP contribution in [0.3, 0.4) is 0 Å². The lowest BCUT2D eigenvalue weighted by Crippen LogP contribution is -2.14. The van der Waals surface area contributed by atoms with Crippen LogP contribution < -0.4 is 14.8 Å². The van der Waals surface area contributed by atoms with E-state index in [4.69, 9.17) is 14.5 Å². The van der Waals surface area contributed by atoms with Crippen LogP contribution in [0.4, 0.5) is 5.69 Å². The Hall–Kier alpha value is -4.50. The number of methoxy groups -OCH3 is 2.